The summed E-state index contributed by atoms with van der Waals surface area (Å²) in [6.07, 6.45) is 0.676. The van der Waals surface area contributed by atoms with E-state index < -0.39 is 5.97 Å². The molecule has 0 aliphatic heterocycles. The quantitative estimate of drug-likeness (QED) is 0.505. The highest BCUT2D eigenvalue weighted by Crippen LogP contribution is 2.21. The lowest BCUT2D eigenvalue weighted by Gasteiger charge is -2.12. The van der Waals surface area contributed by atoms with Crippen molar-refractivity contribution in [1.82, 2.24) is 14.8 Å². The predicted octanol–water partition coefficient (Wildman–Crippen LogP) is 3.95. The van der Waals surface area contributed by atoms with Gasteiger partial charge in [0.25, 0.3) is 0 Å². The number of thioether (sulfide) groups is 1. The van der Waals surface area contributed by atoms with E-state index in [1.807, 2.05) is 18.2 Å². The highest BCUT2D eigenvalue weighted by atomic mass is 32.2. The molecule has 0 atom stereocenters. The molecule has 1 aromatic heterocycles. The predicted molar refractivity (Wildman–Crippen MR) is 117 cm³/mol. The molecule has 0 aliphatic carbocycles. The number of carbonyl (C=O) groups excluding carboxylic acids is 1. The van der Waals surface area contributed by atoms with Crippen LogP contribution in [-0.2, 0) is 17.8 Å². The summed E-state index contributed by atoms with van der Waals surface area (Å²) in [4.78, 5) is 23.4. The van der Waals surface area contributed by atoms with Gasteiger partial charge in [-0.3, -0.25) is 4.79 Å². The molecule has 8 heteroatoms. The Labute approximate surface area is 179 Å². The summed E-state index contributed by atoms with van der Waals surface area (Å²) in [5.74, 6) is 0.160. The van der Waals surface area contributed by atoms with Gasteiger partial charge in [-0.15, -0.1) is 10.2 Å². The first-order chi connectivity index (χ1) is 14.4. The number of hydrogen-bond acceptors (Lipinski definition) is 5. The number of amides is 1. The monoisotopic (exact) mass is 424 g/mol. The van der Waals surface area contributed by atoms with Crippen LogP contribution in [0.4, 0.5) is 5.69 Å². The number of carboxylic acids is 1. The summed E-state index contributed by atoms with van der Waals surface area (Å²) in [7, 11) is 0. The number of carboxylic acid groups (broad SMARTS) is 1. The molecule has 30 heavy (non-hydrogen) atoms. The van der Waals surface area contributed by atoms with Crippen molar-refractivity contribution in [2.24, 2.45) is 5.92 Å². The summed E-state index contributed by atoms with van der Waals surface area (Å²) in [6.45, 7) is 5.02. The average Bonchev–Trinajstić information content (AvgIpc) is 3.08. The van der Waals surface area contributed by atoms with Gasteiger partial charge >= 0.3 is 5.97 Å². The number of nitrogens with zero attached hydrogens (tertiary/aromatic N) is 3. The summed E-state index contributed by atoms with van der Waals surface area (Å²) in [5, 5.41) is 21.2. The minimum Gasteiger partial charge on any atom is -0.478 e. The SMILES string of the molecule is CC(C)Cn1c(Cc2ccccc2)nnc1SCC(=O)Nc1cccc(C(=O)O)c1. The third-order valence-corrected chi connectivity index (χ3v) is 5.24. The second-order valence-electron chi connectivity index (χ2n) is 7.29. The van der Waals surface area contributed by atoms with Gasteiger partial charge in [-0.25, -0.2) is 4.79 Å². The Bertz CT molecular complexity index is 1020. The fourth-order valence-electron chi connectivity index (χ4n) is 2.94. The number of aromatic nitrogens is 3. The van der Waals surface area contributed by atoms with Gasteiger partial charge in [-0.1, -0.05) is 62.0 Å². The first-order valence-electron chi connectivity index (χ1n) is 9.64. The third kappa shape index (κ3) is 5.93. The van der Waals surface area contributed by atoms with E-state index in [-0.39, 0.29) is 17.2 Å². The highest BCUT2D eigenvalue weighted by molar-refractivity contribution is 7.99. The smallest absolute Gasteiger partial charge is 0.335 e. The molecule has 3 rings (SSSR count). The first kappa shape index (κ1) is 21.6. The molecule has 0 bridgehead atoms. The Morgan fingerprint density at radius 1 is 1.10 bits per heavy atom. The summed E-state index contributed by atoms with van der Waals surface area (Å²) >= 11 is 1.32. The first-order valence-corrected chi connectivity index (χ1v) is 10.6. The van der Waals surface area contributed by atoms with E-state index >= 15 is 0 Å². The minimum absolute atomic E-state index is 0.127. The van der Waals surface area contributed by atoms with E-state index in [9.17, 15) is 9.59 Å². The Balaban J connectivity index is 1.67. The van der Waals surface area contributed by atoms with Gasteiger partial charge in [0.2, 0.25) is 5.91 Å². The molecule has 0 saturated heterocycles. The molecule has 1 amide bonds. The standard InChI is InChI=1S/C22H24N4O3S/c1-15(2)13-26-19(11-16-7-4-3-5-8-16)24-25-22(26)30-14-20(27)23-18-10-6-9-17(12-18)21(28)29/h3-10,12,15H,11,13-14H2,1-2H3,(H,23,27)(H,28,29). The van der Waals surface area contributed by atoms with E-state index in [1.54, 1.807) is 12.1 Å². The zero-order valence-corrected chi connectivity index (χ0v) is 17.7. The molecule has 0 saturated carbocycles. The van der Waals surface area contributed by atoms with Gasteiger partial charge in [-0.2, -0.15) is 0 Å². The molecule has 0 spiro atoms. The second kappa shape index (κ2) is 10.1. The summed E-state index contributed by atoms with van der Waals surface area (Å²) < 4.78 is 2.07. The molecule has 2 aromatic carbocycles. The molecule has 0 unspecified atom stereocenters. The molecular weight excluding hydrogens is 400 g/mol. The van der Waals surface area contributed by atoms with Crippen LogP contribution in [0.2, 0.25) is 0 Å². The Morgan fingerprint density at radius 2 is 1.87 bits per heavy atom. The van der Waals surface area contributed by atoms with Crippen LogP contribution < -0.4 is 5.32 Å². The van der Waals surface area contributed by atoms with Crippen molar-refractivity contribution in [3.8, 4) is 0 Å². The maximum absolute atomic E-state index is 12.4. The van der Waals surface area contributed by atoms with Crippen molar-refractivity contribution in [3.05, 3.63) is 71.5 Å². The van der Waals surface area contributed by atoms with Crippen LogP contribution in [0, 0.1) is 5.92 Å². The minimum atomic E-state index is -1.03. The molecule has 0 fully saturated rings. The topological polar surface area (TPSA) is 97.1 Å². The van der Waals surface area contributed by atoms with Crippen molar-refractivity contribution in [2.75, 3.05) is 11.1 Å². The molecule has 156 valence electrons. The van der Waals surface area contributed by atoms with Crippen LogP contribution in [0.5, 0.6) is 0 Å². The molecule has 3 aromatic rings. The van der Waals surface area contributed by atoms with Crippen molar-refractivity contribution < 1.29 is 14.7 Å². The van der Waals surface area contributed by atoms with Crippen LogP contribution in [0.3, 0.4) is 0 Å². The van der Waals surface area contributed by atoms with E-state index in [4.69, 9.17) is 5.11 Å². The second-order valence-corrected chi connectivity index (χ2v) is 8.23. The van der Waals surface area contributed by atoms with E-state index in [0.29, 0.717) is 23.2 Å². The van der Waals surface area contributed by atoms with Gasteiger partial charge in [-0.05, 0) is 29.7 Å². The van der Waals surface area contributed by atoms with Crippen molar-refractivity contribution in [2.45, 2.75) is 32.0 Å². The normalized spacial score (nSPS) is 10.9. The molecule has 2 N–H and O–H groups in total. The van der Waals surface area contributed by atoms with Gasteiger partial charge < -0.3 is 15.0 Å². The number of carbonyl (C=O) groups is 2. The van der Waals surface area contributed by atoms with Crippen molar-refractivity contribution in [1.29, 1.82) is 0 Å². The van der Waals surface area contributed by atoms with E-state index in [2.05, 4.69) is 46.1 Å². The average molecular weight is 425 g/mol. The van der Waals surface area contributed by atoms with Crippen molar-refractivity contribution in [3.63, 3.8) is 0 Å². The number of rotatable bonds is 9. The molecular formula is C22H24N4O3S. The lowest BCUT2D eigenvalue weighted by atomic mass is 10.1. The zero-order chi connectivity index (χ0) is 21.5. The Hall–Kier alpha value is -3.13. The Kier molecular flexibility index (Phi) is 7.24. The largest absolute Gasteiger partial charge is 0.478 e. The van der Waals surface area contributed by atoms with Crippen LogP contribution in [0.1, 0.15) is 35.6 Å². The Morgan fingerprint density at radius 3 is 2.57 bits per heavy atom. The van der Waals surface area contributed by atoms with Gasteiger partial charge in [0.1, 0.15) is 5.82 Å². The highest BCUT2D eigenvalue weighted by Gasteiger charge is 2.16. The molecule has 0 aliphatic rings. The third-order valence-electron chi connectivity index (χ3n) is 4.27. The van der Waals surface area contributed by atoms with Crippen LogP contribution in [0.25, 0.3) is 0 Å². The lowest BCUT2D eigenvalue weighted by molar-refractivity contribution is -0.113. The van der Waals surface area contributed by atoms with Crippen molar-refractivity contribution >= 4 is 29.3 Å². The fraction of sp³-hybridized carbons (Fsp3) is 0.273. The van der Waals surface area contributed by atoms with E-state index in [0.717, 1.165) is 17.9 Å². The number of aromatic carboxylic acids is 1. The number of nitrogens with one attached hydrogen (secondary N) is 1. The van der Waals surface area contributed by atoms with Crippen LogP contribution in [-0.4, -0.2) is 37.5 Å². The lowest BCUT2D eigenvalue weighted by Crippen LogP contribution is -2.16. The van der Waals surface area contributed by atoms with Gasteiger partial charge in [0.15, 0.2) is 5.16 Å². The van der Waals surface area contributed by atoms with Gasteiger partial charge in [0.05, 0.1) is 11.3 Å². The summed E-state index contributed by atoms with van der Waals surface area (Å²) in [5.41, 5.74) is 1.74. The molecule has 1 heterocycles. The molecule has 7 nitrogen and oxygen atoms in total. The van der Waals surface area contributed by atoms with Gasteiger partial charge in [0, 0.05) is 18.7 Å². The van der Waals surface area contributed by atoms with Crippen LogP contribution in [0.15, 0.2) is 59.8 Å². The maximum atomic E-state index is 12.4. The van der Waals surface area contributed by atoms with Crippen LogP contribution >= 0.6 is 11.8 Å². The maximum Gasteiger partial charge on any atom is 0.335 e. The number of benzene rings is 2. The fourth-order valence-corrected chi connectivity index (χ4v) is 3.71. The van der Waals surface area contributed by atoms with E-state index in [1.165, 1.54) is 23.9 Å². The summed E-state index contributed by atoms with van der Waals surface area (Å²) in [6, 6.07) is 16.3. The number of hydrogen-bond donors (Lipinski definition) is 2. The number of anilines is 1. The molecule has 0 radical (unpaired) electrons. The zero-order valence-electron chi connectivity index (χ0n) is 16.9.